The summed E-state index contributed by atoms with van der Waals surface area (Å²) in [5.41, 5.74) is 0. The van der Waals surface area contributed by atoms with Gasteiger partial charge in [-0.1, -0.05) is 0 Å². The zero-order chi connectivity index (χ0) is 11.7. The molecular weight excluding hydrogens is 230 g/mol. The highest BCUT2D eigenvalue weighted by Crippen LogP contribution is 2.36. The van der Waals surface area contributed by atoms with E-state index in [0.717, 1.165) is 18.5 Å². The molecule has 2 heterocycles. The lowest BCUT2D eigenvalue weighted by Gasteiger charge is -2.28. The summed E-state index contributed by atoms with van der Waals surface area (Å²) in [6, 6.07) is 0.910. The van der Waals surface area contributed by atoms with E-state index in [4.69, 9.17) is 0 Å². The molecule has 1 aromatic heterocycles. The number of fused-ring (bicyclic) bond motifs is 2. The minimum atomic E-state index is 0.910. The molecule has 0 spiro atoms. The summed E-state index contributed by atoms with van der Waals surface area (Å²) in [7, 11) is 2.20. The third-order valence-electron chi connectivity index (χ3n) is 4.18. The van der Waals surface area contributed by atoms with Crippen molar-refractivity contribution in [2.75, 3.05) is 26.7 Å². The first-order valence-corrected chi connectivity index (χ1v) is 7.50. The number of aromatic nitrogens is 1. The van der Waals surface area contributed by atoms with Crippen LogP contribution in [0.25, 0.3) is 0 Å². The van der Waals surface area contributed by atoms with Crippen molar-refractivity contribution in [3.63, 3.8) is 0 Å². The summed E-state index contributed by atoms with van der Waals surface area (Å²) < 4.78 is 0. The standard InChI is InChI=1S/C13H21N3S/c1-15(10-13-14-4-7-17-13)5-6-16-9-11-2-3-12(16)8-11/h4,7,11-12H,2-3,5-6,8-10H2,1H3/t11-,12+/m0/s1. The van der Waals surface area contributed by atoms with Gasteiger partial charge in [0.2, 0.25) is 0 Å². The van der Waals surface area contributed by atoms with Crippen LogP contribution in [-0.4, -0.2) is 47.5 Å². The Labute approximate surface area is 107 Å². The second-order valence-corrected chi connectivity index (χ2v) is 6.47. The number of rotatable bonds is 5. The SMILES string of the molecule is CN(CCN1C[C@H]2CC[C@@H]1C2)Cc1nccs1. The molecule has 2 atom stereocenters. The smallest absolute Gasteiger partial charge is 0.107 e. The molecule has 2 aliphatic rings. The molecule has 2 fully saturated rings. The molecule has 1 aromatic rings. The Kier molecular flexibility index (Phi) is 3.45. The van der Waals surface area contributed by atoms with Crippen molar-refractivity contribution < 1.29 is 0 Å². The van der Waals surface area contributed by atoms with Gasteiger partial charge in [0.15, 0.2) is 0 Å². The van der Waals surface area contributed by atoms with Gasteiger partial charge in [-0.2, -0.15) is 0 Å². The van der Waals surface area contributed by atoms with E-state index in [9.17, 15) is 0 Å². The first-order valence-electron chi connectivity index (χ1n) is 6.62. The monoisotopic (exact) mass is 251 g/mol. The third kappa shape index (κ3) is 2.69. The van der Waals surface area contributed by atoms with Crippen LogP contribution in [0.3, 0.4) is 0 Å². The van der Waals surface area contributed by atoms with Crippen molar-refractivity contribution in [2.24, 2.45) is 5.92 Å². The predicted octanol–water partition coefficient (Wildman–Crippen LogP) is 2.06. The van der Waals surface area contributed by atoms with Crippen LogP contribution in [0, 0.1) is 5.92 Å². The summed E-state index contributed by atoms with van der Waals surface area (Å²) >= 11 is 1.76. The minimum absolute atomic E-state index is 0.910. The first kappa shape index (κ1) is 11.6. The number of likely N-dealkylation sites (tertiary alicyclic amines) is 1. The highest BCUT2D eigenvalue weighted by atomic mass is 32.1. The van der Waals surface area contributed by atoms with E-state index in [0.29, 0.717) is 0 Å². The lowest BCUT2D eigenvalue weighted by atomic mass is 10.1. The van der Waals surface area contributed by atoms with Crippen LogP contribution >= 0.6 is 11.3 Å². The van der Waals surface area contributed by atoms with E-state index >= 15 is 0 Å². The highest BCUT2D eigenvalue weighted by molar-refractivity contribution is 7.09. The summed E-state index contributed by atoms with van der Waals surface area (Å²) in [6.07, 6.45) is 6.29. The van der Waals surface area contributed by atoms with Gasteiger partial charge in [-0.25, -0.2) is 4.98 Å². The van der Waals surface area contributed by atoms with E-state index < -0.39 is 0 Å². The number of piperidine rings is 1. The molecule has 2 bridgehead atoms. The Morgan fingerprint density at radius 2 is 2.47 bits per heavy atom. The minimum Gasteiger partial charge on any atom is -0.299 e. The second-order valence-electron chi connectivity index (χ2n) is 5.49. The average Bonchev–Trinajstić information content (AvgIpc) is 3.02. The summed E-state index contributed by atoms with van der Waals surface area (Å²) in [5, 5.41) is 3.29. The molecule has 0 unspecified atom stereocenters. The van der Waals surface area contributed by atoms with Crippen LogP contribution in [0.1, 0.15) is 24.3 Å². The van der Waals surface area contributed by atoms with Crippen LogP contribution < -0.4 is 0 Å². The normalized spacial score (nSPS) is 28.4. The van der Waals surface area contributed by atoms with Crippen LogP contribution in [-0.2, 0) is 6.54 Å². The Morgan fingerprint density at radius 1 is 1.53 bits per heavy atom. The molecule has 0 radical (unpaired) electrons. The van der Waals surface area contributed by atoms with Crippen LogP contribution in [0.5, 0.6) is 0 Å². The molecule has 1 aliphatic carbocycles. The molecule has 0 amide bonds. The van der Waals surface area contributed by atoms with E-state index in [1.54, 1.807) is 11.3 Å². The maximum atomic E-state index is 4.34. The van der Waals surface area contributed by atoms with Gasteiger partial charge in [-0.3, -0.25) is 9.80 Å². The molecule has 4 heteroatoms. The average molecular weight is 251 g/mol. The molecule has 0 aromatic carbocycles. The van der Waals surface area contributed by atoms with Crippen molar-refractivity contribution in [1.29, 1.82) is 0 Å². The lowest BCUT2D eigenvalue weighted by molar-refractivity contribution is 0.182. The van der Waals surface area contributed by atoms with Gasteiger partial charge >= 0.3 is 0 Å². The van der Waals surface area contributed by atoms with E-state index in [2.05, 4.69) is 27.2 Å². The fraction of sp³-hybridized carbons (Fsp3) is 0.769. The van der Waals surface area contributed by atoms with Crippen LogP contribution in [0.2, 0.25) is 0 Å². The molecule has 1 saturated carbocycles. The molecule has 1 aliphatic heterocycles. The van der Waals surface area contributed by atoms with Gasteiger partial charge in [0.1, 0.15) is 5.01 Å². The summed E-state index contributed by atoms with van der Waals surface area (Å²) in [4.78, 5) is 9.43. The molecule has 94 valence electrons. The number of nitrogens with zero attached hydrogens (tertiary/aromatic N) is 3. The molecule has 1 saturated heterocycles. The maximum absolute atomic E-state index is 4.34. The van der Waals surface area contributed by atoms with Crippen molar-refractivity contribution in [2.45, 2.75) is 31.8 Å². The maximum Gasteiger partial charge on any atom is 0.107 e. The van der Waals surface area contributed by atoms with E-state index in [1.807, 2.05) is 6.20 Å². The Balaban J connectivity index is 1.42. The zero-order valence-corrected chi connectivity index (χ0v) is 11.3. The Bertz CT molecular complexity index is 352. The van der Waals surface area contributed by atoms with Crippen LogP contribution in [0.15, 0.2) is 11.6 Å². The molecule has 0 N–H and O–H groups in total. The van der Waals surface area contributed by atoms with Crippen molar-refractivity contribution in [3.8, 4) is 0 Å². The van der Waals surface area contributed by atoms with Gasteiger partial charge < -0.3 is 0 Å². The Morgan fingerprint density at radius 3 is 3.12 bits per heavy atom. The molecule has 3 rings (SSSR count). The lowest BCUT2D eigenvalue weighted by Crippen LogP contribution is -2.37. The quantitative estimate of drug-likeness (QED) is 0.798. The van der Waals surface area contributed by atoms with Crippen molar-refractivity contribution in [3.05, 3.63) is 16.6 Å². The fourth-order valence-corrected chi connectivity index (χ4v) is 3.94. The van der Waals surface area contributed by atoms with E-state index in [1.165, 1.54) is 43.9 Å². The van der Waals surface area contributed by atoms with Crippen molar-refractivity contribution >= 4 is 11.3 Å². The number of likely N-dealkylation sites (N-methyl/N-ethyl adjacent to an activating group) is 1. The highest BCUT2D eigenvalue weighted by Gasteiger charge is 2.37. The zero-order valence-electron chi connectivity index (χ0n) is 10.5. The second kappa shape index (κ2) is 5.04. The number of hydrogen-bond donors (Lipinski definition) is 0. The number of hydrogen-bond acceptors (Lipinski definition) is 4. The summed E-state index contributed by atoms with van der Waals surface area (Å²) in [5.74, 6) is 1.02. The van der Waals surface area contributed by atoms with Gasteiger partial charge in [-0.05, 0) is 32.2 Å². The molecule has 3 nitrogen and oxygen atoms in total. The molecule has 17 heavy (non-hydrogen) atoms. The first-order chi connectivity index (χ1) is 8.31. The fourth-order valence-electron chi connectivity index (χ4n) is 3.24. The van der Waals surface area contributed by atoms with Crippen LogP contribution in [0.4, 0.5) is 0 Å². The predicted molar refractivity (Wildman–Crippen MR) is 71.2 cm³/mol. The van der Waals surface area contributed by atoms with E-state index in [-0.39, 0.29) is 0 Å². The largest absolute Gasteiger partial charge is 0.299 e. The van der Waals surface area contributed by atoms with Crippen molar-refractivity contribution in [1.82, 2.24) is 14.8 Å². The Hall–Kier alpha value is -0.450. The van der Waals surface area contributed by atoms with Gasteiger partial charge in [-0.15, -0.1) is 11.3 Å². The van der Waals surface area contributed by atoms with Gasteiger partial charge in [0, 0.05) is 37.3 Å². The third-order valence-corrected chi connectivity index (χ3v) is 4.94. The topological polar surface area (TPSA) is 19.4 Å². The van der Waals surface area contributed by atoms with Gasteiger partial charge in [0.05, 0.1) is 6.54 Å². The summed E-state index contributed by atoms with van der Waals surface area (Å²) in [6.45, 7) is 4.77. The van der Waals surface area contributed by atoms with Gasteiger partial charge in [0.25, 0.3) is 0 Å². The molecular formula is C13H21N3S. The number of thiazole rings is 1.